The van der Waals surface area contributed by atoms with Crippen LogP contribution in [0.15, 0.2) is 12.1 Å². The number of carbonyl (C=O) groups is 3. The second-order valence-electron chi connectivity index (χ2n) is 6.22. The van der Waals surface area contributed by atoms with Gasteiger partial charge in [0.2, 0.25) is 11.8 Å². The number of carboxylic acids is 1. The molecule has 3 N–H and O–H groups in total. The molecule has 0 aliphatic carbocycles. The van der Waals surface area contributed by atoms with Crippen LogP contribution in [0.2, 0.25) is 0 Å². The monoisotopic (exact) mass is 350 g/mol. The molecular formula is C17H22N2O4S. The van der Waals surface area contributed by atoms with Crippen LogP contribution in [0.5, 0.6) is 0 Å². The number of thioether (sulfide) groups is 1. The van der Waals surface area contributed by atoms with Gasteiger partial charge in [-0.2, -0.15) is 11.8 Å². The number of aryl methyl sites for hydroxylation is 1. The Labute approximate surface area is 145 Å². The molecule has 1 atom stereocenters. The highest BCUT2D eigenvalue weighted by Crippen LogP contribution is 2.39. The van der Waals surface area contributed by atoms with E-state index < -0.39 is 11.4 Å². The number of benzene rings is 1. The van der Waals surface area contributed by atoms with Crippen molar-refractivity contribution in [1.29, 1.82) is 0 Å². The van der Waals surface area contributed by atoms with Crippen LogP contribution < -0.4 is 10.6 Å². The highest BCUT2D eigenvalue weighted by atomic mass is 32.2. The molecule has 24 heavy (non-hydrogen) atoms. The minimum absolute atomic E-state index is 0.0435. The van der Waals surface area contributed by atoms with Crippen LogP contribution in [0.4, 0.5) is 11.4 Å². The lowest BCUT2D eigenvalue weighted by Crippen LogP contribution is -2.35. The molecule has 0 saturated carbocycles. The number of rotatable bonds is 5. The molecule has 1 saturated heterocycles. The Balaban J connectivity index is 2.17. The van der Waals surface area contributed by atoms with Crippen LogP contribution >= 0.6 is 11.8 Å². The molecule has 6 nitrogen and oxygen atoms in total. The third kappa shape index (κ3) is 3.90. The standard InChI is InChI=1S/C17H22N2O4S/c1-10-4-5-13(11(2)15(10)18-12(3)20)19-14(21)8-17(16(22)23)6-7-24-9-17/h4-5H,6-9H2,1-3H3,(H,18,20)(H,19,21)(H,22,23)/t17-/m0/s1. The summed E-state index contributed by atoms with van der Waals surface area (Å²) >= 11 is 1.56. The van der Waals surface area contributed by atoms with Crippen LogP contribution in [-0.4, -0.2) is 34.4 Å². The van der Waals surface area contributed by atoms with Crippen LogP contribution in [0.25, 0.3) is 0 Å². The largest absolute Gasteiger partial charge is 0.481 e. The lowest BCUT2D eigenvalue weighted by atomic mass is 9.84. The number of amides is 2. The SMILES string of the molecule is CC(=O)Nc1c(C)ccc(NC(=O)C[C@@]2(C(=O)O)CCSC2)c1C. The van der Waals surface area contributed by atoms with E-state index in [4.69, 9.17) is 0 Å². The van der Waals surface area contributed by atoms with Gasteiger partial charge < -0.3 is 15.7 Å². The van der Waals surface area contributed by atoms with E-state index in [1.165, 1.54) is 6.92 Å². The molecule has 0 aromatic heterocycles. The van der Waals surface area contributed by atoms with Gasteiger partial charge in [-0.1, -0.05) is 6.07 Å². The number of hydrogen-bond acceptors (Lipinski definition) is 4. The van der Waals surface area contributed by atoms with Crippen molar-refractivity contribution in [2.24, 2.45) is 5.41 Å². The Morgan fingerprint density at radius 1 is 1.25 bits per heavy atom. The molecule has 1 aliphatic heterocycles. The Hall–Kier alpha value is -2.02. The maximum Gasteiger partial charge on any atom is 0.311 e. The van der Waals surface area contributed by atoms with Crippen LogP contribution in [0, 0.1) is 19.3 Å². The van der Waals surface area contributed by atoms with Crippen molar-refractivity contribution in [1.82, 2.24) is 0 Å². The molecule has 1 aromatic carbocycles. The maximum atomic E-state index is 12.4. The first kappa shape index (κ1) is 18.3. The van der Waals surface area contributed by atoms with Crippen molar-refractivity contribution < 1.29 is 19.5 Å². The van der Waals surface area contributed by atoms with Gasteiger partial charge in [0.05, 0.1) is 5.41 Å². The van der Waals surface area contributed by atoms with Crippen molar-refractivity contribution in [2.45, 2.75) is 33.6 Å². The van der Waals surface area contributed by atoms with E-state index in [2.05, 4.69) is 10.6 Å². The number of anilines is 2. The minimum atomic E-state index is -0.978. The summed E-state index contributed by atoms with van der Waals surface area (Å²) in [6.45, 7) is 5.11. The summed E-state index contributed by atoms with van der Waals surface area (Å²) < 4.78 is 0. The molecule has 0 spiro atoms. The van der Waals surface area contributed by atoms with Gasteiger partial charge >= 0.3 is 5.97 Å². The number of hydrogen-bond donors (Lipinski definition) is 3. The maximum absolute atomic E-state index is 12.4. The molecule has 7 heteroatoms. The Bertz CT molecular complexity index is 681. The van der Waals surface area contributed by atoms with E-state index in [-0.39, 0.29) is 18.2 Å². The van der Waals surface area contributed by atoms with E-state index >= 15 is 0 Å². The lowest BCUT2D eigenvalue weighted by molar-refractivity contribution is -0.149. The van der Waals surface area contributed by atoms with Gasteiger partial charge in [-0.15, -0.1) is 0 Å². The Morgan fingerprint density at radius 3 is 2.50 bits per heavy atom. The molecule has 1 aromatic rings. The molecule has 2 amide bonds. The van der Waals surface area contributed by atoms with Crippen molar-refractivity contribution in [3.63, 3.8) is 0 Å². The van der Waals surface area contributed by atoms with E-state index in [1.807, 2.05) is 19.9 Å². The van der Waals surface area contributed by atoms with Gasteiger partial charge in [0, 0.05) is 30.5 Å². The number of nitrogens with one attached hydrogen (secondary N) is 2. The third-order valence-corrected chi connectivity index (χ3v) is 5.55. The fraction of sp³-hybridized carbons (Fsp3) is 0.471. The molecule has 2 rings (SSSR count). The van der Waals surface area contributed by atoms with Crippen molar-refractivity contribution in [3.8, 4) is 0 Å². The molecule has 0 radical (unpaired) electrons. The minimum Gasteiger partial charge on any atom is -0.481 e. The number of carboxylic acid groups (broad SMARTS) is 1. The zero-order valence-corrected chi connectivity index (χ0v) is 14.9. The summed E-state index contributed by atoms with van der Waals surface area (Å²) in [6.07, 6.45) is 0.461. The first-order valence-corrected chi connectivity index (χ1v) is 8.89. The van der Waals surface area contributed by atoms with E-state index in [0.29, 0.717) is 23.5 Å². The van der Waals surface area contributed by atoms with E-state index in [9.17, 15) is 19.5 Å². The number of carbonyl (C=O) groups excluding carboxylic acids is 2. The zero-order valence-electron chi connectivity index (χ0n) is 14.1. The summed E-state index contributed by atoms with van der Waals surface area (Å²) in [6, 6.07) is 3.58. The lowest BCUT2D eigenvalue weighted by Gasteiger charge is -2.23. The van der Waals surface area contributed by atoms with Gasteiger partial charge in [-0.3, -0.25) is 14.4 Å². The average Bonchev–Trinajstić information content (AvgIpc) is 2.96. The molecule has 0 bridgehead atoms. The zero-order chi connectivity index (χ0) is 17.9. The van der Waals surface area contributed by atoms with E-state index in [0.717, 1.165) is 16.9 Å². The van der Waals surface area contributed by atoms with Crippen molar-refractivity contribution in [2.75, 3.05) is 22.1 Å². The van der Waals surface area contributed by atoms with E-state index in [1.54, 1.807) is 17.8 Å². The van der Waals surface area contributed by atoms with Crippen molar-refractivity contribution >= 4 is 40.9 Å². The first-order chi connectivity index (χ1) is 11.2. The molecule has 1 aliphatic rings. The fourth-order valence-corrected chi connectivity index (χ4v) is 4.28. The summed E-state index contributed by atoms with van der Waals surface area (Å²) in [7, 11) is 0. The molecule has 130 valence electrons. The highest BCUT2D eigenvalue weighted by Gasteiger charge is 2.43. The predicted octanol–water partition coefficient (Wildman–Crippen LogP) is 2.80. The normalized spacial score (nSPS) is 19.8. The summed E-state index contributed by atoms with van der Waals surface area (Å²) in [5.74, 6) is -0.199. The van der Waals surface area contributed by atoms with Gasteiger partial charge in [0.15, 0.2) is 0 Å². The first-order valence-electron chi connectivity index (χ1n) is 7.74. The molecule has 1 heterocycles. The third-order valence-electron chi connectivity index (χ3n) is 4.30. The summed E-state index contributed by atoms with van der Waals surface area (Å²) in [4.78, 5) is 35.3. The van der Waals surface area contributed by atoms with Crippen LogP contribution in [0.1, 0.15) is 30.9 Å². The second kappa shape index (κ2) is 7.25. The second-order valence-corrected chi connectivity index (χ2v) is 7.33. The molecule has 1 fully saturated rings. The Morgan fingerprint density at radius 2 is 1.96 bits per heavy atom. The quantitative estimate of drug-likeness (QED) is 0.759. The topological polar surface area (TPSA) is 95.5 Å². The molecular weight excluding hydrogens is 328 g/mol. The predicted molar refractivity (Wildman–Crippen MR) is 95.5 cm³/mol. The van der Waals surface area contributed by atoms with Gasteiger partial charge in [-0.25, -0.2) is 0 Å². The summed E-state index contributed by atoms with van der Waals surface area (Å²) in [5, 5.41) is 15.0. The molecule has 0 unspecified atom stereocenters. The van der Waals surface area contributed by atoms with Crippen LogP contribution in [0.3, 0.4) is 0 Å². The highest BCUT2D eigenvalue weighted by molar-refractivity contribution is 7.99. The average molecular weight is 350 g/mol. The van der Waals surface area contributed by atoms with Gasteiger partial charge in [0.1, 0.15) is 0 Å². The van der Waals surface area contributed by atoms with Crippen LogP contribution in [-0.2, 0) is 14.4 Å². The van der Waals surface area contributed by atoms with Gasteiger partial charge in [-0.05, 0) is 43.2 Å². The van der Waals surface area contributed by atoms with Gasteiger partial charge in [0.25, 0.3) is 0 Å². The fourth-order valence-electron chi connectivity index (χ4n) is 2.84. The smallest absolute Gasteiger partial charge is 0.311 e. The Kier molecular flexibility index (Phi) is 5.54. The van der Waals surface area contributed by atoms with Crippen molar-refractivity contribution in [3.05, 3.63) is 23.3 Å². The summed E-state index contributed by atoms with van der Waals surface area (Å²) in [5.41, 5.74) is 1.93. The number of aliphatic carboxylic acids is 1.